The van der Waals surface area contributed by atoms with Crippen LogP contribution in [0.25, 0.3) is 0 Å². The number of nitrogens with one attached hydrogen (secondary N) is 1. The van der Waals surface area contributed by atoms with E-state index in [0.717, 1.165) is 43.5 Å². The van der Waals surface area contributed by atoms with Crippen LogP contribution < -0.4 is 10.1 Å². The third kappa shape index (κ3) is 7.10. The number of nitriles is 1. The number of thioether (sulfide) groups is 1. The summed E-state index contributed by atoms with van der Waals surface area (Å²) < 4.78 is 7.64. The summed E-state index contributed by atoms with van der Waals surface area (Å²) in [6.07, 6.45) is 5.47. The van der Waals surface area contributed by atoms with Crippen molar-refractivity contribution < 1.29 is 9.53 Å². The minimum atomic E-state index is -0.154. The summed E-state index contributed by atoms with van der Waals surface area (Å²) in [5.41, 5.74) is 2.01. The molecular formula is C28H33Cl2N5O2S2. The molecule has 0 bridgehead atoms. The molecule has 1 aromatic carbocycles. The van der Waals surface area contributed by atoms with Gasteiger partial charge in [0.2, 0.25) is 5.91 Å². The van der Waals surface area contributed by atoms with E-state index in [0.29, 0.717) is 50.5 Å². The minimum Gasteiger partial charge on any atom is -0.492 e. The summed E-state index contributed by atoms with van der Waals surface area (Å²) in [5, 5.41) is 23.7. The Labute approximate surface area is 248 Å². The molecular weight excluding hydrogens is 573 g/mol. The lowest BCUT2D eigenvalue weighted by atomic mass is 9.69. The summed E-state index contributed by atoms with van der Waals surface area (Å²) in [6.45, 7) is 7.36. The van der Waals surface area contributed by atoms with Crippen LogP contribution in [-0.4, -0.2) is 33.0 Å². The SMILES string of the molecule is CCC(C)(C)C1CCc2c(sc(NC(=O)CSc3nnc(CCCOc4ccc(Cl)cc4Cl)n3C)c2C#N)C1. The van der Waals surface area contributed by atoms with Gasteiger partial charge in [-0.1, -0.05) is 62.2 Å². The molecule has 208 valence electrons. The van der Waals surface area contributed by atoms with Crippen molar-refractivity contribution in [2.24, 2.45) is 18.4 Å². The number of fused-ring (bicyclic) bond motifs is 1. The molecule has 0 spiro atoms. The molecule has 2 aromatic heterocycles. The second-order valence-corrected chi connectivity index (χ2v) is 13.3. The number of hydrogen-bond donors (Lipinski definition) is 1. The average Bonchev–Trinajstić information content (AvgIpc) is 3.44. The first-order chi connectivity index (χ1) is 18.6. The van der Waals surface area contributed by atoms with Gasteiger partial charge < -0.3 is 14.6 Å². The van der Waals surface area contributed by atoms with Gasteiger partial charge in [0.15, 0.2) is 5.16 Å². The Morgan fingerprint density at radius 1 is 1.36 bits per heavy atom. The fourth-order valence-electron chi connectivity index (χ4n) is 4.73. The molecule has 1 unspecified atom stereocenters. The molecule has 4 rings (SSSR count). The van der Waals surface area contributed by atoms with Crippen molar-refractivity contribution in [3.05, 3.63) is 50.1 Å². The monoisotopic (exact) mass is 605 g/mol. The Morgan fingerprint density at radius 3 is 2.87 bits per heavy atom. The number of carbonyl (C=O) groups excluding carboxylic acids is 1. The third-order valence-corrected chi connectivity index (χ3v) is 10.3. The Morgan fingerprint density at radius 2 is 2.15 bits per heavy atom. The van der Waals surface area contributed by atoms with Gasteiger partial charge in [-0.15, -0.1) is 21.5 Å². The highest BCUT2D eigenvalue weighted by Crippen LogP contribution is 2.45. The first kappa shape index (κ1) is 29.7. The van der Waals surface area contributed by atoms with Gasteiger partial charge >= 0.3 is 0 Å². The van der Waals surface area contributed by atoms with Crippen LogP contribution in [0, 0.1) is 22.7 Å². The van der Waals surface area contributed by atoms with Crippen molar-refractivity contribution in [1.82, 2.24) is 14.8 Å². The number of nitrogens with zero attached hydrogens (tertiary/aromatic N) is 4. The highest BCUT2D eigenvalue weighted by atomic mass is 35.5. The number of aryl methyl sites for hydroxylation is 1. The zero-order chi connectivity index (χ0) is 28.2. The van der Waals surface area contributed by atoms with E-state index in [2.05, 4.69) is 42.4 Å². The maximum absolute atomic E-state index is 12.8. The molecule has 3 aromatic rings. The van der Waals surface area contributed by atoms with Gasteiger partial charge in [-0.2, -0.15) is 5.26 Å². The number of carbonyl (C=O) groups is 1. The molecule has 1 atom stereocenters. The lowest BCUT2D eigenvalue weighted by Gasteiger charge is -2.36. The van der Waals surface area contributed by atoms with E-state index in [1.54, 1.807) is 29.5 Å². The van der Waals surface area contributed by atoms with Crippen molar-refractivity contribution in [1.29, 1.82) is 5.26 Å². The molecule has 0 aliphatic heterocycles. The maximum Gasteiger partial charge on any atom is 0.235 e. The standard InChI is InChI=1S/C28H33Cl2N5O2S2/c1-5-28(2,3)17-8-10-19-20(15-31)26(39-23(19)13-17)32-25(36)16-38-27-34-33-24(35(27)4)7-6-12-37-22-11-9-18(29)14-21(22)30/h9,11,14,17H,5-8,10,12-13,16H2,1-4H3,(H,32,36). The highest BCUT2D eigenvalue weighted by Gasteiger charge is 2.34. The predicted octanol–water partition coefficient (Wildman–Crippen LogP) is 7.34. The van der Waals surface area contributed by atoms with E-state index in [1.807, 2.05) is 11.6 Å². The molecule has 0 saturated heterocycles. The lowest BCUT2D eigenvalue weighted by molar-refractivity contribution is -0.113. The lowest BCUT2D eigenvalue weighted by Crippen LogP contribution is -2.28. The number of halogens is 2. The van der Waals surface area contributed by atoms with Crippen LogP contribution in [0.1, 0.15) is 61.9 Å². The Kier molecular flexibility index (Phi) is 9.87. The third-order valence-electron chi connectivity index (χ3n) is 7.60. The fraction of sp³-hybridized carbons (Fsp3) is 0.500. The van der Waals surface area contributed by atoms with Crippen molar-refractivity contribution >= 4 is 57.2 Å². The second-order valence-electron chi connectivity index (χ2n) is 10.4. The van der Waals surface area contributed by atoms with Crippen molar-refractivity contribution in [2.75, 3.05) is 17.7 Å². The Balaban J connectivity index is 1.29. The number of aromatic nitrogens is 3. The first-order valence-corrected chi connectivity index (χ1v) is 15.6. The molecule has 0 fully saturated rings. The highest BCUT2D eigenvalue weighted by molar-refractivity contribution is 7.99. The van der Waals surface area contributed by atoms with Crippen LogP contribution in [0.2, 0.25) is 10.0 Å². The van der Waals surface area contributed by atoms with Crippen LogP contribution in [0.15, 0.2) is 23.4 Å². The van der Waals surface area contributed by atoms with Crippen molar-refractivity contribution in [2.45, 2.75) is 64.5 Å². The molecule has 1 aliphatic carbocycles. The second kappa shape index (κ2) is 12.9. The topological polar surface area (TPSA) is 92.8 Å². The number of ether oxygens (including phenoxy) is 1. The van der Waals surface area contributed by atoms with Gasteiger partial charge in [-0.3, -0.25) is 4.79 Å². The molecule has 11 heteroatoms. The van der Waals surface area contributed by atoms with E-state index >= 15 is 0 Å². The van der Waals surface area contributed by atoms with E-state index in [-0.39, 0.29) is 17.1 Å². The van der Waals surface area contributed by atoms with Gasteiger partial charge in [0.1, 0.15) is 22.6 Å². The van der Waals surface area contributed by atoms with Crippen LogP contribution >= 0.6 is 46.3 Å². The Bertz CT molecular complexity index is 1380. The quantitative estimate of drug-likeness (QED) is 0.181. The number of thiophene rings is 1. The minimum absolute atomic E-state index is 0.154. The number of anilines is 1. The maximum atomic E-state index is 12.8. The molecule has 1 amide bonds. The largest absolute Gasteiger partial charge is 0.492 e. The van der Waals surface area contributed by atoms with Gasteiger partial charge in [0, 0.05) is 23.4 Å². The number of amides is 1. The molecule has 0 saturated carbocycles. The van der Waals surface area contributed by atoms with E-state index in [9.17, 15) is 10.1 Å². The number of rotatable bonds is 11. The summed E-state index contributed by atoms with van der Waals surface area (Å²) >= 11 is 15.0. The van der Waals surface area contributed by atoms with Crippen LogP contribution in [0.5, 0.6) is 5.75 Å². The first-order valence-electron chi connectivity index (χ1n) is 13.1. The zero-order valence-corrected chi connectivity index (χ0v) is 25.8. The molecule has 7 nitrogen and oxygen atoms in total. The average molecular weight is 607 g/mol. The molecule has 1 aliphatic rings. The number of hydrogen-bond acceptors (Lipinski definition) is 7. The molecule has 0 radical (unpaired) electrons. The molecule has 1 N–H and O–H groups in total. The van der Waals surface area contributed by atoms with Crippen LogP contribution in [0.4, 0.5) is 5.00 Å². The summed E-state index contributed by atoms with van der Waals surface area (Å²) in [5.74, 6) is 2.02. The zero-order valence-electron chi connectivity index (χ0n) is 22.6. The smallest absolute Gasteiger partial charge is 0.235 e. The molecule has 39 heavy (non-hydrogen) atoms. The Hall–Kier alpha value is -2.25. The van der Waals surface area contributed by atoms with Crippen LogP contribution in [0.3, 0.4) is 0 Å². The molecule has 2 heterocycles. The van der Waals surface area contributed by atoms with Crippen molar-refractivity contribution in [3.63, 3.8) is 0 Å². The number of benzene rings is 1. The summed E-state index contributed by atoms with van der Waals surface area (Å²) in [7, 11) is 1.89. The normalized spacial score (nSPS) is 15.1. The van der Waals surface area contributed by atoms with Gasteiger partial charge in [0.05, 0.1) is 22.9 Å². The van der Waals surface area contributed by atoms with Crippen LogP contribution in [-0.2, 0) is 31.1 Å². The van der Waals surface area contributed by atoms with Gasteiger partial charge in [-0.25, -0.2) is 0 Å². The van der Waals surface area contributed by atoms with E-state index < -0.39 is 0 Å². The summed E-state index contributed by atoms with van der Waals surface area (Å²) in [4.78, 5) is 14.1. The van der Waals surface area contributed by atoms with E-state index in [1.165, 1.54) is 16.6 Å². The fourth-order valence-corrected chi connectivity index (χ4v) is 7.22. The van der Waals surface area contributed by atoms with Crippen molar-refractivity contribution in [3.8, 4) is 11.8 Å². The summed E-state index contributed by atoms with van der Waals surface area (Å²) in [6, 6.07) is 7.48. The predicted molar refractivity (Wildman–Crippen MR) is 159 cm³/mol. The van der Waals surface area contributed by atoms with Gasteiger partial charge in [0.25, 0.3) is 0 Å². The van der Waals surface area contributed by atoms with E-state index in [4.69, 9.17) is 27.9 Å². The van der Waals surface area contributed by atoms with Gasteiger partial charge in [-0.05, 0) is 60.8 Å².